The van der Waals surface area contributed by atoms with E-state index in [9.17, 15) is 9.50 Å². The van der Waals surface area contributed by atoms with Gasteiger partial charge in [-0.2, -0.15) is 5.10 Å². The molecule has 0 radical (unpaired) electrons. The summed E-state index contributed by atoms with van der Waals surface area (Å²) in [7, 11) is 0. The molecule has 102 valence electrons. The lowest BCUT2D eigenvalue weighted by Crippen LogP contribution is -2.12. The highest BCUT2D eigenvalue weighted by atomic mass is 79.9. The van der Waals surface area contributed by atoms with Gasteiger partial charge in [-0.1, -0.05) is 30.7 Å². The molecule has 0 fully saturated rings. The fraction of sp³-hybridized carbons (Fsp3) is 0.308. The van der Waals surface area contributed by atoms with Crippen molar-refractivity contribution in [3.8, 4) is 0 Å². The van der Waals surface area contributed by atoms with Gasteiger partial charge in [0.1, 0.15) is 11.9 Å². The highest BCUT2D eigenvalue weighted by Gasteiger charge is 2.23. The number of hydrogen-bond acceptors (Lipinski definition) is 2. The number of hydrogen-bond donors (Lipinski definition) is 1. The monoisotopic (exact) mass is 346 g/mol. The van der Waals surface area contributed by atoms with Crippen LogP contribution in [0.2, 0.25) is 5.02 Å². The van der Waals surface area contributed by atoms with E-state index in [1.54, 1.807) is 16.9 Å². The van der Waals surface area contributed by atoms with Crippen LogP contribution in [0.4, 0.5) is 4.39 Å². The van der Waals surface area contributed by atoms with Gasteiger partial charge in [0.2, 0.25) is 0 Å². The Bertz CT molecular complexity index is 588. The van der Waals surface area contributed by atoms with Gasteiger partial charge in [0.25, 0.3) is 0 Å². The third-order valence-corrected chi connectivity index (χ3v) is 3.71. The molecule has 2 aromatic rings. The number of aromatic nitrogens is 2. The van der Waals surface area contributed by atoms with E-state index in [0.29, 0.717) is 16.7 Å². The van der Waals surface area contributed by atoms with E-state index in [-0.39, 0.29) is 10.6 Å². The first-order valence-electron chi connectivity index (χ1n) is 5.89. The lowest BCUT2D eigenvalue weighted by atomic mass is 10.1. The molecule has 1 N–H and O–H groups in total. The number of aryl methyl sites for hydroxylation is 1. The van der Waals surface area contributed by atoms with Gasteiger partial charge in [-0.25, -0.2) is 4.39 Å². The van der Waals surface area contributed by atoms with Crippen molar-refractivity contribution in [3.63, 3.8) is 0 Å². The van der Waals surface area contributed by atoms with E-state index in [1.165, 1.54) is 12.1 Å². The van der Waals surface area contributed by atoms with Crippen LogP contribution in [0, 0.1) is 5.82 Å². The molecule has 1 aromatic heterocycles. The normalized spacial score (nSPS) is 12.7. The van der Waals surface area contributed by atoms with Gasteiger partial charge in [-0.15, -0.1) is 0 Å². The highest BCUT2D eigenvalue weighted by Crippen LogP contribution is 2.32. The van der Waals surface area contributed by atoms with E-state index >= 15 is 0 Å². The van der Waals surface area contributed by atoms with Gasteiger partial charge < -0.3 is 5.11 Å². The molecule has 0 aliphatic heterocycles. The first kappa shape index (κ1) is 14.5. The van der Waals surface area contributed by atoms with Gasteiger partial charge in [-0.05, 0) is 28.4 Å². The molecule has 1 heterocycles. The van der Waals surface area contributed by atoms with E-state index in [0.717, 1.165) is 6.42 Å². The van der Waals surface area contributed by atoms with Crippen LogP contribution in [-0.4, -0.2) is 14.9 Å². The second kappa shape index (κ2) is 6.03. The summed E-state index contributed by atoms with van der Waals surface area (Å²) in [4.78, 5) is 0. The summed E-state index contributed by atoms with van der Waals surface area (Å²) < 4.78 is 16.3. The molecule has 0 bridgehead atoms. The molecule has 1 atom stereocenters. The molecule has 1 unspecified atom stereocenters. The molecule has 6 heteroatoms. The minimum atomic E-state index is -1.11. The molecule has 1 aromatic carbocycles. The zero-order chi connectivity index (χ0) is 14.0. The van der Waals surface area contributed by atoms with Crippen LogP contribution in [0.5, 0.6) is 0 Å². The molecule has 2 rings (SSSR count). The molecule has 0 saturated heterocycles. The topological polar surface area (TPSA) is 38.0 Å². The Labute approximate surface area is 124 Å². The maximum absolute atomic E-state index is 14.0. The molecule has 0 amide bonds. The average molecular weight is 348 g/mol. The Hall–Kier alpha value is -0.910. The van der Waals surface area contributed by atoms with Crippen LogP contribution in [0.3, 0.4) is 0 Å². The Morgan fingerprint density at radius 3 is 2.95 bits per heavy atom. The van der Waals surface area contributed by atoms with Crippen molar-refractivity contribution in [2.75, 3.05) is 0 Å². The van der Waals surface area contributed by atoms with Crippen molar-refractivity contribution in [2.24, 2.45) is 0 Å². The maximum Gasteiger partial charge on any atom is 0.147 e. The summed E-state index contributed by atoms with van der Waals surface area (Å²) in [5.74, 6) is -0.604. The summed E-state index contributed by atoms with van der Waals surface area (Å²) in [6.07, 6.45) is 1.35. The van der Waals surface area contributed by atoms with Crippen molar-refractivity contribution in [3.05, 3.63) is 51.0 Å². The molecule has 0 aliphatic carbocycles. The molecular formula is C13H13BrClFN2O. The molecule has 3 nitrogen and oxygen atoms in total. The molecule has 0 aliphatic rings. The summed E-state index contributed by atoms with van der Waals surface area (Å²) in [6.45, 7) is 2.66. The van der Waals surface area contributed by atoms with Crippen LogP contribution in [0.1, 0.15) is 30.7 Å². The lowest BCUT2D eigenvalue weighted by molar-refractivity contribution is 0.201. The van der Waals surface area contributed by atoms with Crippen molar-refractivity contribution in [2.45, 2.75) is 26.0 Å². The van der Waals surface area contributed by atoms with Gasteiger partial charge in [0.05, 0.1) is 21.4 Å². The summed E-state index contributed by atoms with van der Waals surface area (Å²) in [6, 6.07) is 4.57. The van der Waals surface area contributed by atoms with Gasteiger partial charge in [0, 0.05) is 12.1 Å². The number of aliphatic hydroxyl groups is 1. The number of aliphatic hydroxyl groups excluding tert-OH is 1. The van der Waals surface area contributed by atoms with E-state index in [4.69, 9.17) is 11.6 Å². The number of halogens is 3. The predicted molar refractivity (Wildman–Crippen MR) is 75.7 cm³/mol. The Morgan fingerprint density at radius 1 is 1.53 bits per heavy atom. The molecule has 19 heavy (non-hydrogen) atoms. The fourth-order valence-corrected chi connectivity index (χ4v) is 2.61. The Kier molecular flexibility index (Phi) is 4.60. The summed E-state index contributed by atoms with van der Waals surface area (Å²) >= 11 is 9.07. The second-order valence-corrected chi connectivity index (χ2v) is 5.41. The largest absolute Gasteiger partial charge is 0.382 e. The van der Waals surface area contributed by atoms with Crippen LogP contribution in [-0.2, 0) is 6.54 Å². The Balaban J connectivity index is 2.46. The predicted octanol–water partition coefficient (Wildman–Crippen LogP) is 3.93. The fourth-order valence-electron chi connectivity index (χ4n) is 1.91. The SMILES string of the molecule is CCCn1ncc(Br)c1C(O)c1cccc(Cl)c1F. The third-order valence-electron chi connectivity index (χ3n) is 2.80. The quantitative estimate of drug-likeness (QED) is 0.910. The molecule has 0 saturated carbocycles. The maximum atomic E-state index is 14.0. The van der Waals surface area contributed by atoms with E-state index in [1.807, 2.05) is 6.92 Å². The van der Waals surface area contributed by atoms with Crippen LogP contribution >= 0.6 is 27.5 Å². The van der Waals surface area contributed by atoms with Crippen molar-refractivity contribution < 1.29 is 9.50 Å². The summed E-state index contributed by atoms with van der Waals surface area (Å²) in [5.41, 5.74) is 0.675. The highest BCUT2D eigenvalue weighted by molar-refractivity contribution is 9.10. The third kappa shape index (κ3) is 2.83. The first-order chi connectivity index (χ1) is 9.06. The van der Waals surface area contributed by atoms with E-state index in [2.05, 4.69) is 21.0 Å². The molecular weight excluding hydrogens is 335 g/mol. The van der Waals surface area contributed by atoms with Crippen molar-refractivity contribution in [1.29, 1.82) is 0 Å². The number of rotatable bonds is 4. The van der Waals surface area contributed by atoms with Gasteiger partial charge >= 0.3 is 0 Å². The second-order valence-electron chi connectivity index (χ2n) is 4.15. The average Bonchev–Trinajstić information content (AvgIpc) is 2.74. The molecule has 0 spiro atoms. The zero-order valence-electron chi connectivity index (χ0n) is 10.3. The number of nitrogens with zero attached hydrogens (tertiary/aromatic N) is 2. The van der Waals surface area contributed by atoms with Crippen LogP contribution < -0.4 is 0 Å². The van der Waals surface area contributed by atoms with Crippen LogP contribution in [0.15, 0.2) is 28.9 Å². The summed E-state index contributed by atoms with van der Waals surface area (Å²) in [5, 5.41) is 14.5. The minimum absolute atomic E-state index is 0.00534. The van der Waals surface area contributed by atoms with Gasteiger partial charge in [0.15, 0.2) is 0 Å². The zero-order valence-corrected chi connectivity index (χ0v) is 12.6. The first-order valence-corrected chi connectivity index (χ1v) is 7.06. The van der Waals surface area contributed by atoms with Crippen molar-refractivity contribution in [1.82, 2.24) is 9.78 Å². The minimum Gasteiger partial charge on any atom is -0.382 e. The Morgan fingerprint density at radius 2 is 2.26 bits per heavy atom. The standard InChI is InChI=1S/C13H13BrClFN2O/c1-2-6-18-12(9(14)7-17-18)13(19)8-4-3-5-10(15)11(8)16/h3-5,7,13,19H,2,6H2,1H3. The van der Waals surface area contributed by atoms with Crippen LogP contribution in [0.25, 0.3) is 0 Å². The van der Waals surface area contributed by atoms with Gasteiger partial charge in [-0.3, -0.25) is 4.68 Å². The lowest BCUT2D eigenvalue weighted by Gasteiger charge is -2.15. The van der Waals surface area contributed by atoms with E-state index < -0.39 is 11.9 Å². The van der Waals surface area contributed by atoms with Crippen molar-refractivity contribution >= 4 is 27.5 Å². The smallest absolute Gasteiger partial charge is 0.147 e. The number of benzene rings is 1.